The number of hydrogen-bond donors (Lipinski definition) is 0. The molecule has 1 saturated heterocycles. The summed E-state index contributed by atoms with van der Waals surface area (Å²) in [4.78, 5) is 0. The highest BCUT2D eigenvalue weighted by Crippen LogP contribution is 2.34. The van der Waals surface area contributed by atoms with Gasteiger partial charge in [-0.2, -0.15) is 0 Å². The van der Waals surface area contributed by atoms with Gasteiger partial charge in [0.25, 0.3) is 0 Å². The third kappa shape index (κ3) is 4.58. The minimum atomic E-state index is -0.221. The van der Waals surface area contributed by atoms with Crippen LogP contribution in [0.3, 0.4) is 0 Å². The van der Waals surface area contributed by atoms with Gasteiger partial charge in [0.05, 0.1) is 0 Å². The fourth-order valence-electron chi connectivity index (χ4n) is 3.48. The molecule has 1 aliphatic rings. The summed E-state index contributed by atoms with van der Waals surface area (Å²) in [6.07, 6.45) is 4.10. The Morgan fingerprint density at radius 2 is 1.46 bits per heavy atom. The Bertz CT molecular complexity index is 698. The van der Waals surface area contributed by atoms with Crippen molar-refractivity contribution in [3.8, 4) is 11.8 Å². The Labute approximate surface area is 146 Å². The van der Waals surface area contributed by atoms with E-state index in [2.05, 4.69) is 43.0 Å². The number of rotatable bonds is 3. The smallest absolute Gasteiger partial charge is 0.123 e. The van der Waals surface area contributed by atoms with E-state index in [1.165, 1.54) is 55.1 Å². The van der Waals surface area contributed by atoms with Gasteiger partial charge in [0.1, 0.15) is 5.82 Å². The molecule has 1 fully saturated rings. The SMILES string of the molecule is CCC[Si]1CCC(c2ccc(C#Cc3ccc(F)cc3)cc2)CC1. The zero-order valence-electron chi connectivity index (χ0n) is 14.3. The zero-order chi connectivity index (χ0) is 16.8. The second-order valence-corrected chi connectivity index (χ2v) is 9.65. The molecular weight excluding hydrogens is 311 g/mol. The predicted octanol–water partition coefficient (Wildman–Crippen LogP) is 6.01. The molecule has 1 radical (unpaired) electrons. The van der Waals surface area contributed by atoms with Crippen molar-refractivity contribution in [2.45, 2.75) is 50.2 Å². The van der Waals surface area contributed by atoms with Gasteiger partial charge in [0.2, 0.25) is 0 Å². The maximum atomic E-state index is 12.9. The molecule has 0 saturated carbocycles. The molecule has 0 atom stereocenters. The van der Waals surface area contributed by atoms with Crippen molar-refractivity contribution >= 4 is 8.80 Å². The van der Waals surface area contributed by atoms with Crippen molar-refractivity contribution in [2.24, 2.45) is 0 Å². The first-order chi connectivity index (χ1) is 11.7. The molecule has 24 heavy (non-hydrogen) atoms. The minimum Gasteiger partial charge on any atom is -0.207 e. The second-order valence-electron chi connectivity index (χ2n) is 6.65. The van der Waals surface area contributed by atoms with Gasteiger partial charge in [-0.3, -0.25) is 0 Å². The Morgan fingerprint density at radius 1 is 0.917 bits per heavy atom. The van der Waals surface area contributed by atoms with E-state index >= 15 is 0 Å². The van der Waals surface area contributed by atoms with Crippen LogP contribution in [0.25, 0.3) is 0 Å². The summed E-state index contributed by atoms with van der Waals surface area (Å²) >= 11 is 0. The van der Waals surface area contributed by atoms with Crippen LogP contribution < -0.4 is 0 Å². The van der Waals surface area contributed by atoms with Crippen molar-refractivity contribution in [2.75, 3.05) is 0 Å². The van der Waals surface area contributed by atoms with Crippen LogP contribution in [0, 0.1) is 17.7 Å². The highest BCUT2D eigenvalue weighted by atomic mass is 28.3. The van der Waals surface area contributed by atoms with Crippen LogP contribution in [0.2, 0.25) is 18.1 Å². The van der Waals surface area contributed by atoms with Crippen LogP contribution in [0.4, 0.5) is 4.39 Å². The highest BCUT2D eigenvalue weighted by Gasteiger charge is 2.22. The standard InChI is InChI=1S/C22H24FSi/c1-2-15-24-16-13-21(14-17-24)20-9-5-18(6-10-20)3-4-19-7-11-22(23)12-8-19/h5-12,21H,2,13-17H2,1H3. The van der Waals surface area contributed by atoms with E-state index in [9.17, 15) is 4.39 Å². The van der Waals surface area contributed by atoms with Gasteiger partial charge in [0, 0.05) is 19.9 Å². The van der Waals surface area contributed by atoms with E-state index in [4.69, 9.17) is 0 Å². The van der Waals surface area contributed by atoms with Gasteiger partial charge < -0.3 is 0 Å². The lowest BCUT2D eigenvalue weighted by Crippen LogP contribution is -2.19. The topological polar surface area (TPSA) is 0 Å². The van der Waals surface area contributed by atoms with Crippen molar-refractivity contribution in [1.29, 1.82) is 0 Å². The van der Waals surface area contributed by atoms with Gasteiger partial charge in [-0.05, 0) is 60.7 Å². The van der Waals surface area contributed by atoms with Gasteiger partial charge in [0.15, 0.2) is 0 Å². The highest BCUT2D eigenvalue weighted by molar-refractivity contribution is 6.59. The van der Waals surface area contributed by atoms with Gasteiger partial charge in [-0.15, -0.1) is 0 Å². The van der Waals surface area contributed by atoms with Crippen LogP contribution in [-0.2, 0) is 0 Å². The monoisotopic (exact) mass is 335 g/mol. The molecule has 0 unspecified atom stereocenters. The average Bonchev–Trinajstić information content (AvgIpc) is 2.63. The molecule has 0 spiro atoms. The third-order valence-corrected chi connectivity index (χ3v) is 8.07. The molecule has 0 bridgehead atoms. The van der Waals surface area contributed by atoms with Gasteiger partial charge in [-0.25, -0.2) is 4.39 Å². The van der Waals surface area contributed by atoms with Gasteiger partial charge >= 0.3 is 0 Å². The summed E-state index contributed by atoms with van der Waals surface area (Å²) in [7, 11) is -0.0374. The molecular formula is C22H24FSi. The molecule has 0 amide bonds. The first-order valence-electron chi connectivity index (χ1n) is 8.95. The summed E-state index contributed by atoms with van der Waals surface area (Å²) in [5.41, 5.74) is 3.34. The molecule has 2 aromatic rings. The molecule has 0 N–H and O–H groups in total. The number of benzene rings is 2. The van der Waals surface area contributed by atoms with E-state index in [0.29, 0.717) is 0 Å². The van der Waals surface area contributed by atoms with Crippen molar-refractivity contribution < 1.29 is 4.39 Å². The summed E-state index contributed by atoms with van der Waals surface area (Å²) in [6.45, 7) is 2.31. The molecule has 1 aliphatic heterocycles. The van der Waals surface area contributed by atoms with Crippen LogP contribution in [0.5, 0.6) is 0 Å². The fourth-order valence-corrected chi connectivity index (χ4v) is 6.45. The maximum absolute atomic E-state index is 12.9. The molecule has 0 aliphatic carbocycles. The lowest BCUT2D eigenvalue weighted by atomic mass is 9.93. The predicted molar refractivity (Wildman–Crippen MR) is 101 cm³/mol. The second kappa shape index (κ2) is 8.31. The minimum absolute atomic E-state index is 0.0374. The van der Waals surface area contributed by atoms with Gasteiger partial charge in [-0.1, -0.05) is 55.5 Å². The Balaban J connectivity index is 1.61. The van der Waals surface area contributed by atoms with E-state index in [-0.39, 0.29) is 14.6 Å². The normalized spacial score (nSPS) is 15.8. The molecule has 123 valence electrons. The molecule has 2 aromatic carbocycles. The average molecular weight is 336 g/mol. The quantitative estimate of drug-likeness (QED) is 0.476. The Hall–Kier alpha value is -1.85. The van der Waals surface area contributed by atoms with Crippen molar-refractivity contribution in [1.82, 2.24) is 0 Å². The molecule has 3 rings (SSSR count). The maximum Gasteiger partial charge on any atom is 0.123 e. The van der Waals surface area contributed by atoms with Crippen LogP contribution >= 0.6 is 0 Å². The zero-order valence-corrected chi connectivity index (χ0v) is 15.3. The number of halogens is 1. The summed E-state index contributed by atoms with van der Waals surface area (Å²) < 4.78 is 12.9. The first kappa shape index (κ1) is 17.0. The summed E-state index contributed by atoms with van der Waals surface area (Å²) in [5, 5.41) is 0. The van der Waals surface area contributed by atoms with Crippen molar-refractivity contribution in [3.05, 3.63) is 71.0 Å². The molecule has 0 aromatic heterocycles. The largest absolute Gasteiger partial charge is 0.207 e. The van der Waals surface area contributed by atoms with E-state index in [0.717, 1.165) is 17.0 Å². The lowest BCUT2D eigenvalue weighted by molar-refractivity contribution is 0.606. The summed E-state index contributed by atoms with van der Waals surface area (Å²) in [6, 6.07) is 19.5. The third-order valence-electron chi connectivity index (χ3n) is 4.87. The first-order valence-corrected chi connectivity index (χ1v) is 11.1. The van der Waals surface area contributed by atoms with Crippen LogP contribution in [0.15, 0.2) is 48.5 Å². The van der Waals surface area contributed by atoms with E-state index in [1.807, 2.05) is 0 Å². The number of hydrogen-bond acceptors (Lipinski definition) is 0. The van der Waals surface area contributed by atoms with Crippen LogP contribution in [0.1, 0.15) is 48.8 Å². The summed E-state index contributed by atoms with van der Waals surface area (Å²) in [5.74, 6) is 6.78. The Kier molecular flexibility index (Phi) is 5.88. The van der Waals surface area contributed by atoms with Crippen molar-refractivity contribution in [3.63, 3.8) is 0 Å². The molecule has 1 heterocycles. The molecule has 0 nitrogen and oxygen atoms in total. The molecule has 2 heteroatoms. The fraction of sp³-hybridized carbons (Fsp3) is 0.364. The lowest BCUT2D eigenvalue weighted by Gasteiger charge is -2.27. The van der Waals surface area contributed by atoms with E-state index < -0.39 is 0 Å². The Morgan fingerprint density at radius 3 is 2.00 bits per heavy atom. The van der Waals surface area contributed by atoms with E-state index in [1.54, 1.807) is 12.1 Å². The van der Waals surface area contributed by atoms with Crippen LogP contribution in [-0.4, -0.2) is 8.80 Å².